The molecule has 2 fully saturated rings. The summed E-state index contributed by atoms with van der Waals surface area (Å²) in [7, 11) is 1.73. The number of hydrogen-bond acceptors (Lipinski definition) is 4. The third kappa shape index (κ3) is 4.97. The molecule has 0 bridgehead atoms. The van der Waals surface area contributed by atoms with E-state index in [2.05, 4.69) is 75.0 Å². The lowest BCUT2D eigenvalue weighted by atomic mass is 9.91. The molecule has 0 radical (unpaired) electrons. The van der Waals surface area contributed by atoms with Gasteiger partial charge in [-0.25, -0.2) is 0 Å². The van der Waals surface area contributed by atoms with E-state index in [4.69, 9.17) is 28.6 Å². The van der Waals surface area contributed by atoms with E-state index in [1.165, 1.54) is 6.42 Å². The fourth-order valence-electron chi connectivity index (χ4n) is 5.78. The standard InChI is InChI=1S/C28H34ClN5OS/c1-19-15-20(2)18-33(17-19)24-10-9-21(16-22(24)29)34-27(25-8-6-12-32(25)13-14-35-3)26(31-28(34)36)23-7-4-5-11-30-23/h4-12,16,19-20,26-27H,13-15,17-18H2,1-3H3,(H,31,36)/t19-,20+,26-,27-/m1/s1. The maximum atomic E-state index is 6.94. The molecule has 2 aliphatic heterocycles. The second kappa shape index (κ2) is 10.8. The van der Waals surface area contributed by atoms with Crippen molar-refractivity contribution in [2.75, 3.05) is 36.6 Å². The monoisotopic (exact) mass is 523 g/mol. The Morgan fingerprint density at radius 3 is 2.61 bits per heavy atom. The number of thiocarbonyl (C=S) groups is 1. The lowest BCUT2D eigenvalue weighted by Crippen LogP contribution is -2.38. The first-order valence-corrected chi connectivity index (χ1v) is 13.4. The molecule has 5 rings (SSSR count). The summed E-state index contributed by atoms with van der Waals surface area (Å²) >= 11 is 12.9. The van der Waals surface area contributed by atoms with Gasteiger partial charge < -0.3 is 24.4 Å². The van der Waals surface area contributed by atoms with Gasteiger partial charge in [-0.1, -0.05) is 31.5 Å². The summed E-state index contributed by atoms with van der Waals surface area (Å²) in [6, 6.07) is 16.4. The van der Waals surface area contributed by atoms with Crippen molar-refractivity contribution in [3.8, 4) is 0 Å². The van der Waals surface area contributed by atoms with Crippen LogP contribution < -0.4 is 15.1 Å². The maximum absolute atomic E-state index is 6.94. The van der Waals surface area contributed by atoms with Crippen molar-refractivity contribution in [3.05, 3.63) is 77.3 Å². The number of nitrogens with zero attached hydrogens (tertiary/aromatic N) is 4. The molecule has 4 atom stereocenters. The van der Waals surface area contributed by atoms with Crippen LogP contribution in [-0.2, 0) is 11.3 Å². The number of rotatable bonds is 7. The van der Waals surface area contributed by atoms with E-state index < -0.39 is 0 Å². The molecule has 0 amide bonds. The van der Waals surface area contributed by atoms with E-state index in [1.54, 1.807) is 7.11 Å². The lowest BCUT2D eigenvalue weighted by molar-refractivity contribution is 0.186. The average molecular weight is 524 g/mol. The second-order valence-corrected chi connectivity index (χ2v) is 10.9. The Bertz CT molecular complexity index is 1190. The zero-order chi connectivity index (χ0) is 25.2. The number of hydrogen-bond donors (Lipinski definition) is 1. The quantitative estimate of drug-likeness (QED) is 0.392. The first kappa shape index (κ1) is 25.1. The molecule has 2 aromatic heterocycles. The van der Waals surface area contributed by atoms with Gasteiger partial charge in [-0.2, -0.15) is 0 Å². The highest BCUT2D eigenvalue weighted by Gasteiger charge is 2.42. The molecule has 2 saturated heterocycles. The van der Waals surface area contributed by atoms with Crippen LogP contribution in [0, 0.1) is 11.8 Å². The Labute approximate surface area is 224 Å². The van der Waals surface area contributed by atoms with Gasteiger partial charge in [-0.05, 0) is 72.9 Å². The number of benzene rings is 1. The highest BCUT2D eigenvalue weighted by molar-refractivity contribution is 7.80. The van der Waals surface area contributed by atoms with Crippen LogP contribution in [0.4, 0.5) is 11.4 Å². The van der Waals surface area contributed by atoms with Gasteiger partial charge in [0.2, 0.25) is 0 Å². The number of halogens is 1. The third-order valence-electron chi connectivity index (χ3n) is 7.22. The van der Waals surface area contributed by atoms with E-state index >= 15 is 0 Å². The zero-order valence-electron chi connectivity index (χ0n) is 21.1. The van der Waals surface area contributed by atoms with Gasteiger partial charge in [-0.3, -0.25) is 4.98 Å². The average Bonchev–Trinajstić information content (AvgIpc) is 3.46. The molecule has 1 aromatic carbocycles. The highest BCUT2D eigenvalue weighted by Crippen LogP contribution is 2.43. The molecule has 0 unspecified atom stereocenters. The smallest absolute Gasteiger partial charge is 0.174 e. The molecular formula is C28H34ClN5OS. The third-order valence-corrected chi connectivity index (χ3v) is 7.84. The van der Waals surface area contributed by atoms with E-state index in [0.29, 0.717) is 23.6 Å². The number of ether oxygens (including phenoxy) is 1. The van der Waals surface area contributed by atoms with E-state index in [1.807, 2.05) is 24.4 Å². The van der Waals surface area contributed by atoms with E-state index in [0.717, 1.165) is 47.4 Å². The first-order chi connectivity index (χ1) is 17.5. The predicted octanol–water partition coefficient (Wildman–Crippen LogP) is 5.84. The fourth-order valence-corrected chi connectivity index (χ4v) is 6.42. The Hall–Kier alpha value is -2.61. The van der Waals surface area contributed by atoms with Gasteiger partial charge in [0.05, 0.1) is 29.1 Å². The van der Waals surface area contributed by atoms with Crippen LogP contribution >= 0.6 is 23.8 Å². The van der Waals surface area contributed by atoms with Gasteiger partial charge in [0.15, 0.2) is 5.11 Å². The molecule has 1 N–H and O–H groups in total. The highest BCUT2D eigenvalue weighted by atomic mass is 35.5. The molecular weight excluding hydrogens is 490 g/mol. The maximum Gasteiger partial charge on any atom is 0.174 e. The van der Waals surface area contributed by atoms with E-state index in [9.17, 15) is 0 Å². The fraction of sp³-hybridized carbons (Fsp3) is 0.429. The molecule has 36 heavy (non-hydrogen) atoms. The largest absolute Gasteiger partial charge is 0.383 e. The predicted molar refractivity (Wildman–Crippen MR) is 151 cm³/mol. The number of methoxy groups -OCH3 is 1. The Kier molecular flexibility index (Phi) is 7.51. The minimum absolute atomic E-state index is 0.0868. The normalized spacial score (nSPS) is 24.3. The van der Waals surface area contributed by atoms with Gasteiger partial charge in [-0.15, -0.1) is 0 Å². The summed E-state index contributed by atoms with van der Waals surface area (Å²) in [4.78, 5) is 9.28. The van der Waals surface area contributed by atoms with Crippen LogP contribution in [0.3, 0.4) is 0 Å². The van der Waals surface area contributed by atoms with Crippen molar-refractivity contribution in [1.82, 2.24) is 14.9 Å². The first-order valence-electron chi connectivity index (χ1n) is 12.7. The second-order valence-electron chi connectivity index (χ2n) is 10.1. The summed E-state index contributed by atoms with van der Waals surface area (Å²) < 4.78 is 7.60. The Morgan fingerprint density at radius 1 is 1.11 bits per heavy atom. The molecule has 0 saturated carbocycles. The number of anilines is 2. The van der Waals surface area contributed by atoms with Crippen molar-refractivity contribution < 1.29 is 4.74 Å². The van der Waals surface area contributed by atoms with Crippen LogP contribution in [0.25, 0.3) is 0 Å². The van der Waals surface area contributed by atoms with Crippen LogP contribution in [-0.4, -0.2) is 41.5 Å². The van der Waals surface area contributed by atoms with Gasteiger partial charge in [0, 0.05) is 50.5 Å². The van der Waals surface area contributed by atoms with Crippen LogP contribution in [0.1, 0.15) is 43.7 Å². The summed E-state index contributed by atoms with van der Waals surface area (Å²) in [5.41, 5.74) is 4.17. The molecule has 0 spiro atoms. The molecule has 6 nitrogen and oxygen atoms in total. The van der Waals surface area contributed by atoms with Gasteiger partial charge in [0.25, 0.3) is 0 Å². The molecule has 0 aliphatic carbocycles. The number of piperidine rings is 1. The zero-order valence-corrected chi connectivity index (χ0v) is 22.7. The van der Waals surface area contributed by atoms with Crippen molar-refractivity contribution in [2.45, 2.75) is 38.9 Å². The Morgan fingerprint density at radius 2 is 1.92 bits per heavy atom. The number of nitrogens with one attached hydrogen (secondary N) is 1. The summed E-state index contributed by atoms with van der Waals surface area (Å²) in [5, 5.41) is 4.97. The van der Waals surface area contributed by atoms with Gasteiger partial charge in [0.1, 0.15) is 6.04 Å². The minimum atomic E-state index is -0.0999. The number of aromatic nitrogens is 2. The van der Waals surface area contributed by atoms with E-state index in [-0.39, 0.29) is 12.1 Å². The Balaban J connectivity index is 1.53. The summed E-state index contributed by atoms with van der Waals surface area (Å²) in [5.74, 6) is 1.31. The minimum Gasteiger partial charge on any atom is -0.383 e. The molecule has 2 aliphatic rings. The van der Waals surface area contributed by atoms with Crippen molar-refractivity contribution in [1.29, 1.82) is 0 Å². The molecule has 190 valence electrons. The summed E-state index contributed by atoms with van der Waals surface area (Å²) in [6.45, 7) is 8.10. The van der Waals surface area contributed by atoms with Crippen LogP contribution in [0.15, 0.2) is 60.9 Å². The lowest BCUT2D eigenvalue weighted by Gasteiger charge is -2.37. The van der Waals surface area contributed by atoms with Crippen LogP contribution in [0.2, 0.25) is 5.02 Å². The topological polar surface area (TPSA) is 45.6 Å². The van der Waals surface area contributed by atoms with Crippen molar-refractivity contribution in [2.24, 2.45) is 11.8 Å². The molecule has 4 heterocycles. The SMILES string of the molecule is COCCn1cccc1[C@@H]1[C@@H](c2ccccn2)NC(=S)N1c1ccc(N2C[C@H](C)C[C@H](C)C2)c(Cl)c1. The number of pyridine rings is 1. The van der Waals surface area contributed by atoms with Gasteiger partial charge >= 0.3 is 0 Å². The van der Waals surface area contributed by atoms with Crippen molar-refractivity contribution >= 4 is 40.3 Å². The van der Waals surface area contributed by atoms with Crippen molar-refractivity contribution in [3.63, 3.8) is 0 Å². The van der Waals surface area contributed by atoms with Crippen LogP contribution in [0.5, 0.6) is 0 Å². The summed E-state index contributed by atoms with van der Waals surface area (Å²) in [6.07, 6.45) is 5.19. The molecule has 8 heteroatoms. The molecule has 3 aromatic rings.